The van der Waals surface area contributed by atoms with Crippen molar-refractivity contribution in [3.05, 3.63) is 75.6 Å². The number of nitrogens with one attached hydrogen (secondary N) is 2. The summed E-state index contributed by atoms with van der Waals surface area (Å²) < 4.78 is 2.18. The summed E-state index contributed by atoms with van der Waals surface area (Å²) in [5, 5.41) is 19.2. The molecule has 2 fully saturated rings. The van der Waals surface area contributed by atoms with Gasteiger partial charge in [-0.25, -0.2) is 9.78 Å². The fourth-order valence-corrected chi connectivity index (χ4v) is 7.34. The second-order valence-electron chi connectivity index (χ2n) is 12.1. The van der Waals surface area contributed by atoms with Gasteiger partial charge in [0.15, 0.2) is 0 Å². The lowest BCUT2D eigenvalue weighted by Crippen LogP contribution is -2.58. The molecule has 2 aromatic heterocycles. The Balaban J connectivity index is 1.28. The monoisotopic (exact) mass is 611 g/mol. The molecule has 0 radical (unpaired) electrons. The first-order valence-electron chi connectivity index (χ1n) is 15.0. The van der Waals surface area contributed by atoms with Gasteiger partial charge in [0, 0.05) is 53.7 Å². The van der Waals surface area contributed by atoms with Crippen molar-refractivity contribution in [3.8, 4) is 11.4 Å². The SMILES string of the molecule is Cc1nc(-c2c(C3CCCC3)c3ccc(C(=O)N[C@@]4(C(=O)Nc5ccc(/C=C/C(=O)O)cc5)CCN(C)C4)cc3n2C)cs1. The van der Waals surface area contributed by atoms with Gasteiger partial charge in [-0.05, 0) is 80.6 Å². The van der Waals surface area contributed by atoms with Crippen LogP contribution in [-0.4, -0.2) is 63.0 Å². The molecule has 2 aromatic carbocycles. The smallest absolute Gasteiger partial charge is 0.328 e. The molecule has 6 rings (SSSR count). The van der Waals surface area contributed by atoms with Gasteiger partial charge in [0.05, 0.1) is 16.4 Å². The van der Waals surface area contributed by atoms with Crippen molar-refractivity contribution in [1.29, 1.82) is 0 Å². The number of fused-ring (bicyclic) bond motifs is 1. The van der Waals surface area contributed by atoms with Crippen molar-refractivity contribution >= 4 is 51.8 Å². The van der Waals surface area contributed by atoms with Gasteiger partial charge in [-0.3, -0.25) is 9.59 Å². The third-order valence-electron chi connectivity index (χ3n) is 8.96. The highest BCUT2D eigenvalue weighted by Crippen LogP contribution is 2.44. The van der Waals surface area contributed by atoms with Gasteiger partial charge in [0.2, 0.25) is 0 Å². The average Bonchev–Trinajstić information content (AvgIpc) is 3.80. The second kappa shape index (κ2) is 12.0. The maximum Gasteiger partial charge on any atom is 0.328 e. The molecule has 2 aliphatic rings. The summed E-state index contributed by atoms with van der Waals surface area (Å²) in [6.07, 6.45) is 7.79. The Bertz CT molecular complexity index is 1770. The van der Waals surface area contributed by atoms with Crippen LogP contribution in [-0.2, 0) is 16.6 Å². The Kier molecular flexibility index (Phi) is 8.13. The highest BCUT2D eigenvalue weighted by Gasteiger charge is 2.45. The number of nitrogens with zero attached hydrogens (tertiary/aromatic N) is 3. The molecule has 1 aliphatic heterocycles. The molecule has 0 unspecified atom stereocenters. The Morgan fingerprint density at radius 1 is 1.09 bits per heavy atom. The van der Waals surface area contributed by atoms with E-state index in [1.54, 1.807) is 35.6 Å². The molecule has 4 aromatic rings. The summed E-state index contributed by atoms with van der Waals surface area (Å²) in [5.41, 5.74) is 5.10. The number of hydrogen-bond donors (Lipinski definition) is 3. The Hall–Kier alpha value is -4.28. The average molecular weight is 612 g/mol. The van der Waals surface area contributed by atoms with Crippen molar-refractivity contribution in [2.24, 2.45) is 7.05 Å². The number of carbonyl (C=O) groups excluding carboxylic acids is 2. The fourth-order valence-electron chi connectivity index (χ4n) is 6.75. The highest BCUT2D eigenvalue weighted by atomic mass is 32.1. The van der Waals surface area contributed by atoms with E-state index in [1.807, 2.05) is 31.0 Å². The number of carboxylic acids is 1. The molecule has 3 N–H and O–H groups in total. The number of likely N-dealkylation sites (tertiary alicyclic amines) is 1. The third kappa shape index (κ3) is 5.79. The van der Waals surface area contributed by atoms with Crippen LogP contribution in [0.15, 0.2) is 53.9 Å². The van der Waals surface area contributed by atoms with Gasteiger partial charge >= 0.3 is 5.97 Å². The number of aliphatic carboxylic acids is 1. The van der Waals surface area contributed by atoms with Gasteiger partial charge in [-0.15, -0.1) is 11.3 Å². The lowest BCUT2D eigenvalue weighted by Gasteiger charge is -2.29. The van der Waals surface area contributed by atoms with Crippen molar-refractivity contribution in [3.63, 3.8) is 0 Å². The standard InChI is InChI=1S/C34H37N5O4S/c1-21-35-27(19-44-21)31-30(23-6-4-5-7-23)26-14-11-24(18-28(26)39(31)3)32(42)37-34(16-17-38(2)20-34)33(43)36-25-12-8-22(9-13-25)10-15-29(40)41/h8-15,18-19,23H,4-7,16-17,20H2,1-3H3,(H,36,43)(H,37,42)(H,40,41)/b15-10+/t34-/m0/s1. The summed E-state index contributed by atoms with van der Waals surface area (Å²) in [7, 11) is 3.99. The van der Waals surface area contributed by atoms with E-state index >= 15 is 0 Å². The molecular formula is C34H37N5O4S. The van der Waals surface area contributed by atoms with Crippen LogP contribution in [0.5, 0.6) is 0 Å². The minimum absolute atomic E-state index is 0.284. The minimum Gasteiger partial charge on any atom is -0.478 e. The first-order chi connectivity index (χ1) is 21.1. The molecule has 0 spiro atoms. The maximum atomic E-state index is 13.8. The normalized spacial score (nSPS) is 19.2. The molecule has 0 bridgehead atoms. The van der Waals surface area contributed by atoms with E-state index in [0.717, 1.165) is 46.2 Å². The van der Waals surface area contributed by atoms with E-state index in [-0.39, 0.29) is 11.8 Å². The molecule has 10 heteroatoms. The van der Waals surface area contributed by atoms with Gasteiger partial charge < -0.3 is 25.2 Å². The number of hydrogen-bond acceptors (Lipinski definition) is 6. The van der Waals surface area contributed by atoms with Crippen molar-refractivity contribution in [1.82, 2.24) is 19.8 Å². The van der Waals surface area contributed by atoms with Crippen LogP contribution in [0.1, 0.15) is 64.5 Å². The number of benzene rings is 2. The van der Waals surface area contributed by atoms with E-state index in [1.165, 1.54) is 24.5 Å². The molecule has 1 atom stereocenters. The first kappa shape index (κ1) is 29.8. The molecule has 228 valence electrons. The predicted octanol–water partition coefficient (Wildman–Crippen LogP) is 5.81. The fraction of sp³-hybridized carbons (Fsp3) is 0.353. The molecule has 1 saturated carbocycles. The Morgan fingerprint density at radius 3 is 2.48 bits per heavy atom. The number of carboxylic acid groups (broad SMARTS) is 1. The van der Waals surface area contributed by atoms with Crippen LogP contribution in [0.2, 0.25) is 0 Å². The summed E-state index contributed by atoms with van der Waals surface area (Å²) in [4.78, 5) is 45.2. The number of carbonyl (C=O) groups is 3. The van der Waals surface area contributed by atoms with Crippen molar-refractivity contribution < 1.29 is 19.5 Å². The quantitative estimate of drug-likeness (QED) is 0.217. The number of likely N-dealkylation sites (N-methyl/N-ethyl adjacent to an activating group) is 1. The summed E-state index contributed by atoms with van der Waals surface area (Å²) >= 11 is 1.65. The number of aromatic nitrogens is 2. The van der Waals surface area contributed by atoms with E-state index in [4.69, 9.17) is 10.1 Å². The zero-order valence-corrected chi connectivity index (χ0v) is 26.0. The highest BCUT2D eigenvalue weighted by molar-refractivity contribution is 7.09. The molecule has 2 amide bonds. The molecule has 1 aliphatic carbocycles. The van der Waals surface area contributed by atoms with Crippen LogP contribution in [0.4, 0.5) is 5.69 Å². The van der Waals surface area contributed by atoms with Crippen molar-refractivity contribution in [2.75, 3.05) is 25.5 Å². The largest absolute Gasteiger partial charge is 0.478 e. The third-order valence-corrected chi connectivity index (χ3v) is 9.74. The van der Waals surface area contributed by atoms with Crippen LogP contribution < -0.4 is 10.6 Å². The van der Waals surface area contributed by atoms with E-state index < -0.39 is 11.5 Å². The predicted molar refractivity (Wildman–Crippen MR) is 174 cm³/mol. The molecule has 44 heavy (non-hydrogen) atoms. The molecule has 9 nitrogen and oxygen atoms in total. The van der Waals surface area contributed by atoms with Crippen LogP contribution in [0.25, 0.3) is 28.4 Å². The zero-order valence-electron chi connectivity index (χ0n) is 25.2. The van der Waals surface area contributed by atoms with Crippen LogP contribution in [0, 0.1) is 6.92 Å². The summed E-state index contributed by atoms with van der Waals surface area (Å²) in [5.74, 6) is -1.13. The molecule has 3 heterocycles. The minimum atomic E-state index is -1.10. The van der Waals surface area contributed by atoms with Gasteiger partial charge in [-0.1, -0.05) is 31.0 Å². The topological polar surface area (TPSA) is 117 Å². The number of rotatable bonds is 8. The first-order valence-corrected chi connectivity index (χ1v) is 15.9. The lowest BCUT2D eigenvalue weighted by atomic mass is 9.93. The van der Waals surface area contributed by atoms with E-state index in [2.05, 4.69) is 33.7 Å². The number of aryl methyl sites for hydroxylation is 2. The number of amides is 2. The number of anilines is 1. The van der Waals surface area contributed by atoms with E-state index in [9.17, 15) is 14.4 Å². The Morgan fingerprint density at radius 2 is 1.84 bits per heavy atom. The van der Waals surface area contributed by atoms with Gasteiger partial charge in [-0.2, -0.15) is 0 Å². The lowest BCUT2D eigenvalue weighted by molar-refractivity contribution is -0.131. The molecule has 1 saturated heterocycles. The van der Waals surface area contributed by atoms with Crippen LogP contribution in [0.3, 0.4) is 0 Å². The van der Waals surface area contributed by atoms with Crippen LogP contribution >= 0.6 is 11.3 Å². The van der Waals surface area contributed by atoms with E-state index in [0.29, 0.717) is 42.2 Å². The Labute approximate surface area is 260 Å². The second-order valence-corrected chi connectivity index (χ2v) is 13.1. The summed E-state index contributed by atoms with van der Waals surface area (Å²) in [6, 6.07) is 12.8. The van der Waals surface area contributed by atoms with Crippen molar-refractivity contribution in [2.45, 2.75) is 50.5 Å². The van der Waals surface area contributed by atoms with Gasteiger partial charge in [0.1, 0.15) is 5.54 Å². The zero-order chi connectivity index (χ0) is 31.0. The number of thiazole rings is 1. The molecular weight excluding hydrogens is 574 g/mol. The van der Waals surface area contributed by atoms with Gasteiger partial charge in [0.25, 0.3) is 11.8 Å². The summed E-state index contributed by atoms with van der Waals surface area (Å²) in [6.45, 7) is 3.08. The maximum absolute atomic E-state index is 13.8.